The Balaban J connectivity index is 3.77. The first-order valence-electron chi connectivity index (χ1n) is 4.92. The molecule has 0 saturated carbocycles. The molecule has 0 heterocycles. The van der Waals surface area contributed by atoms with Crippen molar-refractivity contribution in [1.82, 2.24) is 0 Å². The van der Waals surface area contributed by atoms with Gasteiger partial charge in [0.1, 0.15) is 0 Å². The number of carboxylic acid groups (broad SMARTS) is 1. The van der Waals surface area contributed by atoms with E-state index in [1.165, 1.54) is 0 Å². The summed E-state index contributed by atoms with van der Waals surface area (Å²) in [6.07, 6.45) is 2.28. The van der Waals surface area contributed by atoms with Crippen molar-refractivity contribution >= 4 is 13.9 Å². The van der Waals surface area contributed by atoms with Gasteiger partial charge in [0.2, 0.25) is 0 Å². The molecule has 0 rings (SSSR count). The van der Waals surface area contributed by atoms with Crippen LogP contribution in [0.3, 0.4) is 0 Å². The zero-order valence-electron chi connectivity index (χ0n) is 9.08. The molecule has 0 amide bonds. The molecule has 1 N–H and O–H groups in total. The molecule has 0 radical (unpaired) electrons. The first-order valence-corrected chi connectivity index (χ1v) is 6.59. The van der Waals surface area contributed by atoms with Gasteiger partial charge in [-0.25, -0.2) is 0 Å². The van der Waals surface area contributed by atoms with Crippen molar-refractivity contribution in [1.29, 1.82) is 0 Å². The highest BCUT2D eigenvalue weighted by atomic mass is 31.1. The van der Waals surface area contributed by atoms with E-state index in [9.17, 15) is 4.79 Å². The maximum absolute atomic E-state index is 10.3. The van der Waals surface area contributed by atoms with Crippen LogP contribution in [0.25, 0.3) is 0 Å². The molecule has 0 aromatic heterocycles. The zero-order chi connectivity index (χ0) is 10.4. The number of hydrogen-bond donors (Lipinski definition) is 1. The van der Waals surface area contributed by atoms with E-state index in [0.29, 0.717) is 6.42 Å². The van der Waals surface area contributed by atoms with E-state index in [0.717, 1.165) is 23.9 Å². The Morgan fingerprint density at radius 2 is 1.69 bits per heavy atom. The predicted molar refractivity (Wildman–Crippen MR) is 58.9 cm³/mol. The Kier molecular flexibility index (Phi) is 6.32. The van der Waals surface area contributed by atoms with Gasteiger partial charge in [-0.05, 0) is 23.9 Å². The highest BCUT2D eigenvalue weighted by Crippen LogP contribution is 2.46. The average Bonchev–Trinajstić information content (AvgIpc) is 1.95. The van der Waals surface area contributed by atoms with Gasteiger partial charge in [-0.2, -0.15) is 0 Å². The van der Waals surface area contributed by atoms with Gasteiger partial charge < -0.3 is 5.11 Å². The molecule has 0 aliphatic rings. The van der Waals surface area contributed by atoms with Gasteiger partial charge in [-0.15, -0.1) is 7.92 Å². The molecule has 0 aliphatic heterocycles. The van der Waals surface area contributed by atoms with E-state index in [-0.39, 0.29) is 7.92 Å². The largest absolute Gasteiger partial charge is 0.481 e. The minimum Gasteiger partial charge on any atom is -0.481 e. The summed E-state index contributed by atoms with van der Waals surface area (Å²) in [6, 6.07) is 0. The minimum atomic E-state index is -0.664. The molecule has 3 heteroatoms. The van der Waals surface area contributed by atoms with Crippen LogP contribution in [0, 0.1) is 0 Å². The highest BCUT2D eigenvalue weighted by Gasteiger charge is 2.16. The van der Waals surface area contributed by atoms with Crippen LogP contribution in [0.15, 0.2) is 0 Å². The second-order valence-corrected chi connectivity index (χ2v) is 7.46. The summed E-state index contributed by atoms with van der Waals surface area (Å²) in [6.45, 7) is 8.97. The van der Waals surface area contributed by atoms with Gasteiger partial charge in [0.25, 0.3) is 0 Å². The zero-order valence-corrected chi connectivity index (χ0v) is 9.97. The highest BCUT2D eigenvalue weighted by molar-refractivity contribution is 7.59. The molecule has 0 aromatic carbocycles. The topological polar surface area (TPSA) is 37.3 Å². The molecule has 0 fully saturated rings. The van der Waals surface area contributed by atoms with Crippen LogP contribution in [0.1, 0.15) is 40.5 Å². The Bertz CT molecular complexity index is 147. The van der Waals surface area contributed by atoms with Crippen LogP contribution in [-0.4, -0.2) is 28.6 Å². The molecule has 0 bridgehead atoms. The molecule has 0 aromatic rings. The van der Waals surface area contributed by atoms with Crippen molar-refractivity contribution in [3.63, 3.8) is 0 Å². The Morgan fingerprint density at radius 3 is 2.00 bits per heavy atom. The third kappa shape index (κ3) is 6.04. The Labute approximate surface area is 82.5 Å². The summed E-state index contributed by atoms with van der Waals surface area (Å²) in [5.74, 6) is -0.664. The van der Waals surface area contributed by atoms with Crippen molar-refractivity contribution in [2.24, 2.45) is 0 Å². The van der Waals surface area contributed by atoms with Gasteiger partial charge in [0.15, 0.2) is 0 Å². The number of rotatable bonds is 6. The van der Waals surface area contributed by atoms with Gasteiger partial charge in [-0.3, -0.25) is 4.79 Å². The standard InChI is InChI=1S/C10H21O2P/c1-8(2)13(9(3)4)7-5-6-10(11)12/h8-9H,5-7H2,1-4H3,(H,11,12). The number of hydrogen-bond acceptors (Lipinski definition) is 1. The molecule has 0 aliphatic carbocycles. The fraction of sp³-hybridized carbons (Fsp3) is 0.900. The lowest BCUT2D eigenvalue weighted by Gasteiger charge is -2.25. The summed E-state index contributed by atoms with van der Waals surface area (Å²) >= 11 is 0. The molecule has 0 spiro atoms. The van der Waals surface area contributed by atoms with Crippen LogP contribution in [-0.2, 0) is 4.79 Å². The fourth-order valence-corrected chi connectivity index (χ4v) is 4.27. The van der Waals surface area contributed by atoms with Crippen molar-refractivity contribution < 1.29 is 9.90 Å². The Morgan fingerprint density at radius 1 is 1.23 bits per heavy atom. The number of carbonyl (C=O) groups is 1. The number of carboxylic acids is 1. The lowest BCUT2D eigenvalue weighted by molar-refractivity contribution is -0.137. The quantitative estimate of drug-likeness (QED) is 0.675. The summed E-state index contributed by atoms with van der Waals surface area (Å²) in [5, 5.41) is 8.51. The van der Waals surface area contributed by atoms with E-state index in [1.807, 2.05) is 0 Å². The van der Waals surface area contributed by atoms with Crippen molar-refractivity contribution in [2.45, 2.75) is 51.9 Å². The molecular weight excluding hydrogens is 183 g/mol. The SMILES string of the molecule is CC(C)P(CCCC(=O)O)C(C)C. The van der Waals surface area contributed by atoms with E-state index < -0.39 is 5.97 Å². The summed E-state index contributed by atoms with van der Waals surface area (Å²) in [5.41, 5.74) is 1.45. The van der Waals surface area contributed by atoms with Crippen molar-refractivity contribution in [2.75, 3.05) is 6.16 Å². The lowest BCUT2D eigenvalue weighted by Crippen LogP contribution is -2.07. The van der Waals surface area contributed by atoms with E-state index in [1.54, 1.807) is 0 Å². The molecule has 78 valence electrons. The summed E-state index contributed by atoms with van der Waals surface area (Å²) in [7, 11) is 0.0274. The second kappa shape index (κ2) is 6.37. The van der Waals surface area contributed by atoms with Crippen molar-refractivity contribution in [3.05, 3.63) is 0 Å². The van der Waals surface area contributed by atoms with E-state index in [4.69, 9.17) is 5.11 Å². The first kappa shape index (κ1) is 12.9. The maximum Gasteiger partial charge on any atom is 0.303 e. The predicted octanol–water partition coefficient (Wildman–Crippen LogP) is 3.15. The second-order valence-electron chi connectivity index (χ2n) is 3.92. The Hall–Kier alpha value is -0.100. The normalized spacial score (nSPS) is 11.6. The van der Waals surface area contributed by atoms with Crippen LogP contribution in [0.2, 0.25) is 0 Å². The average molecular weight is 204 g/mol. The lowest BCUT2D eigenvalue weighted by atomic mass is 10.3. The van der Waals surface area contributed by atoms with Gasteiger partial charge in [-0.1, -0.05) is 27.7 Å². The number of aliphatic carboxylic acids is 1. The van der Waals surface area contributed by atoms with Crippen LogP contribution in [0.5, 0.6) is 0 Å². The van der Waals surface area contributed by atoms with Crippen LogP contribution >= 0.6 is 7.92 Å². The fourth-order valence-electron chi connectivity index (χ4n) is 1.53. The summed E-state index contributed by atoms with van der Waals surface area (Å²) < 4.78 is 0. The molecule has 0 unspecified atom stereocenters. The van der Waals surface area contributed by atoms with Gasteiger partial charge in [0.05, 0.1) is 0 Å². The maximum atomic E-state index is 10.3. The van der Waals surface area contributed by atoms with Gasteiger partial charge >= 0.3 is 5.97 Å². The first-order chi connectivity index (χ1) is 5.95. The molecule has 2 nitrogen and oxygen atoms in total. The van der Waals surface area contributed by atoms with E-state index in [2.05, 4.69) is 27.7 Å². The van der Waals surface area contributed by atoms with Gasteiger partial charge in [0, 0.05) is 6.42 Å². The third-order valence-corrected chi connectivity index (χ3v) is 5.62. The molecule has 0 atom stereocenters. The van der Waals surface area contributed by atoms with Crippen LogP contribution < -0.4 is 0 Å². The van der Waals surface area contributed by atoms with Crippen molar-refractivity contribution in [3.8, 4) is 0 Å². The summed E-state index contributed by atoms with van der Waals surface area (Å²) in [4.78, 5) is 10.3. The molecular formula is C10H21O2P. The molecule has 13 heavy (non-hydrogen) atoms. The van der Waals surface area contributed by atoms with E-state index >= 15 is 0 Å². The smallest absolute Gasteiger partial charge is 0.303 e. The molecule has 0 saturated heterocycles. The monoisotopic (exact) mass is 204 g/mol. The van der Waals surface area contributed by atoms with Crippen LogP contribution in [0.4, 0.5) is 0 Å². The minimum absolute atomic E-state index is 0.0274. The third-order valence-electron chi connectivity index (χ3n) is 2.13.